The van der Waals surface area contributed by atoms with Gasteiger partial charge in [0, 0.05) is 22.2 Å². The number of carbonyl (C=O) groups is 1. The van der Waals surface area contributed by atoms with Crippen molar-refractivity contribution in [2.75, 3.05) is 7.11 Å². The van der Waals surface area contributed by atoms with Gasteiger partial charge in [-0.05, 0) is 63.8 Å². The number of hydrogen-bond donors (Lipinski definition) is 0. The van der Waals surface area contributed by atoms with Crippen molar-refractivity contribution in [3.8, 4) is 5.75 Å². The Morgan fingerprint density at radius 1 is 1.14 bits per heavy atom. The van der Waals surface area contributed by atoms with Gasteiger partial charge in [-0.1, -0.05) is 64.5 Å². The smallest absolute Gasteiger partial charge is 0.338 e. The van der Waals surface area contributed by atoms with Crippen LogP contribution < -0.4 is 19.6 Å². The van der Waals surface area contributed by atoms with Crippen LogP contribution in [0.25, 0.3) is 6.08 Å². The van der Waals surface area contributed by atoms with E-state index in [0.717, 1.165) is 15.6 Å². The van der Waals surface area contributed by atoms with Gasteiger partial charge in [-0.3, -0.25) is 19.5 Å². The zero-order valence-corrected chi connectivity index (χ0v) is 26.4. The van der Waals surface area contributed by atoms with Crippen molar-refractivity contribution in [1.82, 2.24) is 4.57 Å². The molecule has 42 heavy (non-hydrogen) atoms. The molecule has 1 atom stereocenters. The number of nitro groups is 1. The topological polar surface area (TPSA) is 113 Å². The lowest BCUT2D eigenvalue weighted by molar-refractivity contribution is -0.384. The average molecular weight is 713 g/mol. The predicted molar refractivity (Wildman–Crippen MR) is 166 cm³/mol. The molecule has 1 aromatic heterocycles. The quantitative estimate of drug-likeness (QED) is 0.130. The molecule has 0 aliphatic carbocycles. The monoisotopic (exact) mass is 711 g/mol. The van der Waals surface area contributed by atoms with Crippen molar-refractivity contribution in [3.63, 3.8) is 0 Å². The Morgan fingerprint density at radius 3 is 2.50 bits per heavy atom. The molecule has 0 N–H and O–H groups in total. The number of carbonyl (C=O) groups excluding carboxylic acids is 1. The number of esters is 1. The minimum absolute atomic E-state index is 0.00460. The number of allylic oxidation sites excluding steroid dienone is 1. The normalized spacial score (nSPS) is 14.8. The van der Waals surface area contributed by atoms with E-state index >= 15 is 0 Å². The van der Waals surface area contributed by atoms with E-state index in [9.17, 15) is 19.7 Å². The van der Waals surface area contributed by atoms with Gasteiger partial charge >= 0.3 is 5.97 Å². The standard InChI is InChI=1S/C30H23Br2N3O6S/c1-3-23-25(29(37)40-2)26(18-7-5-4-6-8-18)34-28(36)24(42-30(34)33-23)14-19-13-20(31)15-22(32)27(19)41-16-17-9-11-21(12-10-17)35(38)39/h4-15,26H,3,16H2,1-2H3/b24-14+/t26-/m1/s1. The highest BCUT2D eigenvalue weighted by Crippen LogP contribution is 2.35. The number of nitrogens with zero attached hydrogens (tertiary/aromatic N) is 3. The number of benzene rings is 3. The number of rotatable bonds is 8. The van der Waals surface area contributed by atoms with Gasteiger partial charge in [0.05, 0.1) is 38.4 Å². The summed E-state index contributed by atoms with van der Waals surface area (Å²) in [5.74, 6) is -0.0388. The van der Waals surface area contributed by atoms with E-state index in [4.69, 9.17) is 14.5 Å². The Labute approximate surface area is 260 Å². The van der Waals surface area contributed by atoms with Crippen LogP contribution >= 0.6 is 43.2 Å². The van der Waals surface area contributed by atoms with Crippen LogP contribution in [0.3, 0.4) is 0 Å². The van der Waals surface area contributed by atoms with Crippen molar-refractivity contribution >= 4 is 60.9 Å². The summed E-state index contributed by atoms with van der Waals surface area (Å²) in [5.41, 5.74) is 2.73. The molecule has 5 rings (SSSR count). The van der Waals surface area contributed by atoms with Crippen LogP contribution in [0.1, 0.15) is 36.1 Å². The van der Waals surface area contributed by atoms with Gasteiger partial charge in [0.25, 0.3) is 11.2 Å². The number of methoxy groups -OCH3 is 1. The van der Waals surface area contributed by atoms with Crippen molar-refractivity contribution in [2.24, 2.45) is 4.99 Å². The van der Waals surface area contributed by atoms with Gasteiger partial charge < -0.3 is 9.47 Å². The van der Waals surface area contributed by atoms with Crippen LogP contribution in [0.5, 0.6) is 5.75 Å². The van der Waals surface area contributed by atoms with E-state index in [1.165, 1.54) is 30.6 Å². The Hall–Kier alpha value is -3.87. The molecule has 0 fully saturated rings. The van der Waals surface area contributed by atoms with Crippen molar-refractivity contribution in [1.29, 1.82) is 0 Å². The first-order chi connectivity index (χ1) is 20.2. The third-order valence-corrected chi connectivity index (χ3v) is 8.65. The zero-order chi connectivity index (χ0) is 30.0. The number of fused-ring (bicyclic) bond motifs is 1. The molecule has 3 aromatic carbocycles. The summed E-state index contributed by atoms with van der Waals surface area (Å²) in [4.78, 5) is 42.7. The van der Waals surface area contributed by atoms with Gasteiger partial charge in [-0.15, -0.1) is 0 Å². The molecular formula is C30H23Br2N3O6S. The van der Waals surface area contributed by atoms with Crippen molar-refractivity contribution < 1.29 is 19.2 Å². The molecule has 1 aliphatic rings. The van der Waals surface area contributed by atoms with Crippen LogP contribution in [0.15, 0.2) is 96.7 Å². The highest BCUT2D eigenvalue weighted by atomic mass is 79.9. The number of hydrogen-bond acceptors (Lipinski definition) is 8. The van der Waals surface area contributed by atoms with E-state index in [0.29, 0.717) is 42.8 Å². The molecule has 12 heteroatoms. The second-order valence-electron chi connectivity index (χ2n) is 9.22. The molecule has 1 aliphatic heterocycles. The number of ether oxygens (including phenoxy) is 2. The second kappa shape index (κ2) is 12.6. The van der Waals surface area contributed by atoms with Crippen molar-refractivity contribution in [2.45, 2.75) is 26.0 Å². The minimum Gasteiger partial charge on any atom is -0.487 e. The van der Waals surface area contributed by atoms with Crippen LogP contribution in [-0.2, 0) is 16.1 Å². The fourth-order valence-electron chi connectivity index (χ4n) is 4.67. The van der Waals surface area contributed by atoms with E-state index in [2.05, 4.69) is 31.9 Å². The number of thiazole rings is 1. The molecule has 214 valence electrons. The maximum absolute atomic E-state index is 14.0. The summed E-state index contributed by atoms with van der Waals surface area (Å²) in [6.45, 7) is 2.06. The fraction of sp³-hybridized carbons (Fsp3) is 0.167. The van der Waals surface area contributed by atoms with Crippen LogP contribution in [0.2, 0.25) is 0 Å². The average Bonchev–Trinajstić information content (AvgIpc) is 3.30. The molecular weight excluding hydrogens is 690 g/mol. The molecule has 0 saturated heterocycles. The molecule has 2 heterocycles. The first-order valence-corrected chi connectivity index (χ1v) is 15.1. The molecule has 4 aromatic rings. The maximum Gasteiger partial charge on any atom is 0.338 e. The molecule has 0 amide bonds. The fourth-order valence-corrected chi connectivity index (χ4v) is 7.05. The van der Waals surface area contributed by atoms with Crippen LogP contribution in [-0.4, -0.2) is 22.6 Å². The van der Waals surface area contributed by atoms with Gasteiger partial charge in [0.2, 0.25) is 0 Å². The highest BCUT2D eigenvalue weighted by Gasteiger charge is 2.33. The van der Waals surface area contributed by atoms with E-state index < -0.39 is 16.9 Å². The molecule has 0 radical (unpaired) electrons. The van der Waals surface area contributed by atoms with Gasteiger partial charge in [0.15, 0.2) is 4.80 Å². The lowest BCUT2D eigenvalue weighted by Crippen LogP contribution is -2.40. The summed E-state index contributed by atoms with van der Waals surface area (Å²) in [6, 6.07) is 18.4. The first-order valence-electron chi connectivity index (χ1n) is 12.7. The Balaban J connectivity index is 1.62. The number of non-ortho nitro benzene ring substituents is 1. The minimum atomic E-state index is -0.695. The lowest BCUT2D eigenvalue weighted by Gasteiger charge is -2.25. The van der Waals surface area contributed by atoms with Gasteiger partial charge in [-0.25, -0.2) is 9.79 Å². The summed E-state index contributed by atoms with van der Waals surface area (Å²) in [6.07, 6.45) is 2.22. The first kappa shape index (κ1) is 29.6. The zero-order valence-electron chi connectivity index (χ0n) is 22.4. The van der Waals surface area contributed by atoms with E-state index in [1.807, 2.05) is 49.4 Å². The Kier molecular flexibility index (Phi) is 8.85. The third kappa shape index (κ3) is 5.87. The highest BCUT2D eigenvalue weighted by molar-refractivity contribution is 9.11. The second-order valence-corrected chi connectivity index (χ2v) is 12.0. The molecule has 9 nitrogen and oxygen atoms in total. The molecule has 0 bridgehead atoms. The predicted octanol–water partition coefficient (Wildman–Crippen LogP) is 5.81. The SMILES string of the molecule is CCC1=C(C(=O)OC)[C@@H](c2ccccc2)n2c(s/c(=C/c3cc(Br)cc(Br)c3OCc3ccc([N+](=O)[O-])cc3)c2=O)=N1. The van der Waals surface area contributed by atoms with Crippen LogP contribution in [0.4, 0.5) is 5.69 Å². The Bertz CT molecular complexity index is 1900. The van der Waals surface area contributed by atoms with E-state index in [1.54, 1.807) is 22.8 Å². The molecule has 0 unspecified atom stereocenters. The summed E-state index contributed by atoms with van der Waals surface area (Å²) in [5, 5.41) is 11.0. The van der Waals surface area contributed by atoms with Gasteiger partial charge in [0.1, 0.15) is 12.4 Å². The molecule has 0 saturated carbocycles. The Morgan fingerprint density at radius 2 is 1.86 bits per heavy atom. The lowest BCUT2D eigenvalue weighted by atomic mass is 9.95. The number of aromatic nitrogens is 1. The summed E-state index contributed by atoms with van der Waals surface area (Å²) >= 11 is 8.30. The van der Waals surface area contributed by atoms with Crippen LogP contribution in [0, 0.1) is 10.1 Å². The van der Waals surface area contributed by atoms with Gasteiger partial charge in [-0.2, -0.15) is 0 Å². The number of halogens is 2. The van der Waals surface area contributed by atoms with Crippen molar-refractivity contribution in [3.05, 3.63) is 133 Å². The largest absolute Gasteiger partial charge is 0.487 e. The maximum atomic E-state index is 14.0. The number of nitro benzene ring substituents is 1. The third-order valence-electron chi connectivity index (χ3n) is 6.62. The summed E-state index contributed by atoms with van der Waals surface area (Å²) < 4.78 is 14.6. The molecule has 0 spiro atoms. The summed E-state index contributed by atoms with van der Waals surface area (Å²) in [7, 11) is 1.32. The van der Waals surface area contributed by atoms with E-state index in [-0.39, 0.29) is 17.9 Å².